The van der Waals surface area contributed by atoms with Crippen LogP contribution in [0.4, 0.5) is 4.39 Å². The minimum atomic E-state index is -0.532. The fourth-order valence-corrected chi connectivity index (χ4v) is 1.64. The van der Waals surface area contributed by atoms with Gasteiger partial charge in [-0.05, 0) is 5.56 Å². The van der Waals surface area contributed by atoms with E-state index >= 15 is 0 Å². The van der Waals surface area contributed by atoms with E-state index in [4.69, 9.17) is 5.73 Å². The van der Waals surface area contributed by atoms with Crippen molar-refractivity contribution in [2.24, 2.45) is 5.73 Å². The van der Waals surface area contributed by atoms with Crippen LogP contribution in [-0.4, -0.2) is 11.3 Å². The third kappa shape index (κ3) is 1.63. The summed E-state index contributed by atoms with van der Waals surface area (Å²) in [6.07, 6.45) is 1.84. The molecule has 0 radical (unpaired) electrons. The standard InChI is InChI=1S/C12H11FN2O/c13-11-9(7-16)6-15-12(11)10-4-2-1-3-8(10)5-14/h1-4,6-7,15H,5,14H2. The number of benzene rings is 1. The minimum absolute atomic E-state index is 0.0295. The van der Waals surface area contributed by atoms with Gasteiger partial charge in [0.1, 0.15) is 0 Å². The van der Waals surface area contributed by atoms with Crippen LogP contribution in [-0.2, 0) is 6.54 Å². The zero-order chi connectivity index (χ0) is 11.5. The second kappa shape index (κ2) is 4.28. The van der Waals surface area contributed by atoms with E-state index in [1.165, 1.54) is 6.20 Å². The van der Waals surface area contributed by atoms with E-state index in [0.717, 1.165) is 5.56 Å². The molecule has 0 bridgehead atoms. The Morgan fingerprint density at radius 1 is 1.38 bits per heavy atom. The van der Waals surface area contributed by atoms with Crippen LogP contribution in [0.25, 0.3) is 11.3 Å². The first kappa shape index (κ1) is 10.6. The third-order valence-corrected chi connectivity index (χ3v) is 2.48. The van der Waals surface area contributed by atoms with Crippen LogP contribution >= 0.6 is 0 Å². The predicted octanol–water partition coefficient (Wildman–Crippen LogP) is 2.09. The fourth-order valence-electron chi connectivity index (χ4n) is 1.64. The molecule has 0 spiro atoms. The van der Waals surface area contributed by atoms with E-state index in [2.05, 4.69) is 4.98 Å². The number of aromatic amines is 1. The Hall–Kier alpha value is -1.94. The van der Waals surface area contributed by atoms with Gasteiger partial charge in [-0.2, -0.15) is 0 Å². The molecular weight excluding hydrogens is 207 g/mol. The lowest BCUT2D eigenvalue weighted by atomic mass is 10.0. The summed E-state index contributed by atoms with van der Waals surface area (Å²) in [5, 5.41) is 0. The van der Waals surface area contributed by atoms with Crippen molar-refractivity contribution in [3.8, 4) is 11.3 Å². The first-order valence-corrected chi connectivity index (χ1v) is 4.88. The van der Waals surface area contributed by atoms with E-state index in [0.29, 0.717) is 24.1 Å². The van der Waals surface area contributed by atoms with Crippen molar-refractivity contribution in [2.45, 2.75) is 6.54 Å². The number of rotatable bonds is 3. The van der Waals surface area contributed by atoms with Crippen molar-refractivity contribution < 1.29 is 9.18 Å². The largest absolute Gasteiger partial charge is 0.358 e. The van der Waals surface area contributed by atoms with Gasteiger partial charge in [-0.15, -0.1) is 0 Å². The summed E-state index contributed by atoms with van der Waals surface area (Å²) >= 11 is 0. The molecule has 1 aromatic carbocycles. The zero-order valence-electron chi connectivity index (χ0n) is 8.53. The Kier molecular flexibility index (Phi) is 2.83. The average Bonchev–Trinajstić information content (AvgIpc) is 2.70. The normalized spacial score (nSPS) is 10.4. The highest BCUT2D eigenvalue weighted by molar-refractivity contribution is 5.79. The third-order valence-electron chi connectivity index (χ3n) is 2.48. The average molecular weight is 218 g/mol. The SMILES string of the molecule is NCc1ccccc1-c1[nH]cc(C=O)c1F. The molecule has 2 rings (SSSR count). The lowest BCUT2D eigenvalue weighted by Gasteiger charge is -2.05. The summed E-state index contributed by atoms with van der Waals surface area (Å²) in [5.74, 6) is -0.532. The highest BCUT2D eigenvalue weighted by Crippen LogP contribution is 2.26. The molecule has 0 aliphatic rings. The number of aldehydes is 1. The first-order chi connectivity index (χ1) is 7.77. The molecule has 0 fully saturated rings. The Labute approximate surface area is 92.1 Å². The van der Waals surface area contributed by atoms with Crippen molar-refractivity contribution in [3.05, 3.63) is 47.4 Å². The Morgan fingerprint density at radius 2 is 2.12 bits per heavy atom. The zero-order valence-corrected chi connectivity index (χ0v) is 8.53. The topological polar surface area (TPSA) is 58.9 Å². The van der Waals surface area contributed by atoms with Gasteiger partial charge in [-0.25, -0.2) is 4.39 Å². The molecule has 0 atom stereocenters. The van der Waals surface area contributed by atoms with Gasteiger partial charge in [0, 0.05) is 18.3 Å². The lowest BCUT2D eigenvalue weighted by molar-refractivity contribution is 0.112. The summed E-state index contributed by atoms with van der Waals surface area (Å²) in [7, 11) is 0. The number of hydrogen-bond donors (Lipinski definition) is 2. The van der Waals surface area contributed by atoms with Gasteiger partial charge in [0.2, 0.25) is 0 Å². The van der Waals surface area contributed by atoms with Crippen LogP contribution in [0.1, 0.15) is 15.9 Å². The maximum atomic E-state index is 13.7. The smallest absolute Gasteiger partial charge is 0.159 e. The van der Waals surface area contributed by atoms with E-state index in [-0.39, 0.29) is 5.56 Å². The van der Waals surface area contributed by atoms with Crippen LogP contribution < -0.4 is 5.73 Å². The lowest BCUT2D eigenvalue weighted by Crippen LogP contribution is -1.99. The number of aromatic nitrogens is 1. The van der Waals surface area contributed by atoms with E-state index in [9.17, 15) is 9.18 Å². The monoisotopic (exact) mass is 218 g/mol. The molecule has 0 amide bonds. The summed E-state index contributed by atoms with van der Waals surface area (Å²) in [4.78, 5) is 13.3. The van der Waals surface area contributed by atoms with Gasteiger partial charge in [-0.1, -0.05) is 24.3 Å². The fraction of sp³-hybridized carbons (Fsp3) is 0.0833. The summed E-state index contributed by atoms with van der Waals surface area (Å²) in [5.41, 5.74) is 7.43. The quantitative estimate of drug-likeness (QED) is 0.775. The number of nitrogens with two attached hydrogens (primary N) is 1. The van der Waals surface area contributed by atoms with Crippen molar-refractivity contribution in [1.82, 2.24) is 4.98 Å². The van der Waals surface area contributed by atoms with Gasteiger partial charge in [-0.3, -0.25) is 4.79 Å². The van der Waals surface area contributed by atoms with Gasteiger partial charge < -0.3 is 10.7 Å². The second-order valence-corrected chi connectivity index (χ2v) is 3.41. The molecule has 1 aromatic heterocycles. The molecule has 0 unspecified atom stereocenters. The highest BCUT2D eigenvalue weighted by Gasteiger charge is 2.13. The van der Waals surface area contributed by atoms with Gasteiger partial charge in [0.05, 0.1) is 11.3 Å². The number of nitrogens with one attached hydrogen (secondary N) is 1. The summed E-state index contributed by atoms with van der Waals surface area (Å²) < 4.78 is 13.7. The minimum Gasteiger partial charge on any atom is -0.358 e. The van der Waals surface area contributed by atoms with Gasteiger partial charge in [0.15, 0.2) is 12.1 Å². The summed E-state index contributed by atoms with van der Waals surface area (Å²) in [6, 6.07) is 7.24. The molecule has 0 saturated heterocycles. The van der Waals surface area contributed by atoms with Gasteiger partial charge >= 0.3 is 0 Å². The molecule has 0 aliphatic carbocycles. The molecule has 82 valence electrons. The predicted molar refractivity (Wildman–Crippen MR) is 59.5 cm³/mol. The molecule has 3 N–H and O–H groups in total. The van der Waals surface area contributed by atoms with Crippen LogP contribution in [0.3, 0.4) is 0 Å². The number of H-pyrrole nitrogens is 1. The Balaban J connectivity index is 2.58. The maximum Gasteiger partial charge on any atom is 0.159 e. The molecule has 4 heteroatoms. The van der Waals surface area contributed by atoms with Crippen LogP contribution in [0, 0.1) is 5.82 Å². The van der Waals surface area contributed by atoms with Crippen molar-refractivity contribution in [1.29, 1.82) is 0 Å². The molecule has 1 heterocycles. The molecule has 0 saturated carbocycles. The highest BCUT2D eigenvalue weighted by atomic mass is 19.1. The molecule has 16 heavy (non-hydrogen) atoms. The molecule has 2 aromatic rings. The Morgan fingerprint density at radius 3 is 2.75 bits per heavy atom. The van der Waals surface area contributed by atoms with Gasteiger partial charge in [0.25, 0.3) is 0 Å². The van der Waals surface area contributed by atoms with Crippen LogP contribution in [0.5, 0.6) is 0 Å². The van der Waals surface area contributed by atoms with Crippen LogP contribution in [0.2, 0.25) is 0 Å². The maximum absolute atomic E-state index is 13.7. The molecular formula is C12H11FN2O. The number of halogens is 1. The van der Waals surface area contributed by atoms with Crippen molar-refractivity contribution in [2.75, 3.05) is 0 Å². The number of carbonyl (C=O) groups excluding carboxylic acids is 1. The number of carbonyl (C=O) groups is 1. The molecule has 3 nitrogen and oxygen atoms in total. The first-order valence-electron chi connectivity index (χ1n) is 4.88. The van der Waals surface area contributed by atoms with E-state index in [1.807, 2.05) is 12.1 Å². The number of hydrogen-bond acceptors (Lipinski definition) is 2. The van der Waals surface area contributed by atoms with E-state index in [1.54, 1.807) is 12.1 Å². The molecule has 0 aliphatic heterocycles. The van der Waals surface area contributed by atoms with Crippen LogP contribution in [0.15, 0.2) is 30.5 Å². The van der Waals surface area contributed by atoms with E-state index < -0.39 is 5.82 Å². The van der Waals surface area contributed by atoms with Crippen molar-refractivity contribution >= 4 is 6.29 Å². The summed E-state index contributed by atoms with van der Waals surface area (Å²) in [6.45, 7) is 0.324. The van der Waals surface area contributed by atoms with Crippen molar-refractivity contribution in [3.63, 3.8) is 0 Å². The Bertz CT molecular complexity index is 519. The second-order valence-electron chi connectivity index (χ2n) is 3.41.